The van der Waals surface area contributed by atoms with Crippen LogP contribution in [0.25, 0.3) is 0 Å². The van der Waals surface area contributed by atoms with Gasteiger partial charge in [-0.3, -0.25) is 0 Å². The Hall–Kier alpha value is -1.36. The van der Waals surface area contributed by atoms with Crippen LogP contribution < -0.4 is 5.32 Å². The quantitative estimate of drug-likeness (QED) is 0.856. The molecule has 0 aliphatic carbocycles. The topological polar surface area (TPSA) is 35.5 Å². The summed E-state index contributed by atoms with van der Waals surface area (Å²) in [6.07, 6.45) is 0. The van der Waals surface area contributed by atoms with Gasteiger partial charge in [0.1, 0.15) is 5.75 Å². The van der Waals surface area contributed by atoms with Crippen LogP contribution in [0, 0.1) is 0 Å². The average molecular weight is 290 g/mol. The van der Waals surface area contributed by atoms with Gasteiger partial charge in [-0.15, -0.1) is 11.3 Å². The summed E-state index contributed by atoms with van der Waals surface area (Å²) in [4.78, 5) is 3.61. The van der Waals surface area contributed by atoms with E-state index in [2.05, 4.69) is 48.7 Å². The Bertz CT molecular complexity index is 508. The molecule has 0 saturated carbocycles. The number of nitrogens with one attached hydrogen (secondary N) is 1. The van der Waals surface area contributed by atoms with Crippen LogP contribution in [0.4, 0.5) is 0 Å². The molecule has 2 aromatic rings. The molecule has 0 fully saturated rings. The molecule has 0 amide bonds. The lowest BCUT2D eigenvalue weighted by molar-refractivity contribution is 0.285. The van der Waals surface area contributed by atoms with Gasteiger partial charge in [-0.25, -0.2) is 0 Å². The molecule has 0 aliphatic rings. The van der Waals surface area contributed by atoms with Crippen LogP contribution in [-0.2, 0) is 0 Å². The highest BCUT2D eigenvalue weighted by molar-refractivity contribution is 7.10. The lowest BCUT2D eigenvalue weighted by Crippen LogP contribution is -2.32. The molecule has 2 atom stereocenters. The van der Waals surface area contributed by atoms with Crippen molar-refractivity contribution in [3.05, 3.63) is 52.2 Å². The maximum absolute atomic E-state index is 9.33. The van der Waals surface area contributed by atoms with Crippen molar-refractivity contribution < 1.29 is 5.11 Å². The van der Waals surface area contributed by atoms with E-state index in [9.17, 15) is 5.11 Å². The lowest BCUT2D eigenvalue weighted by atomic mass is 10.1. The largest absolute Gasteiger partial charge is 0.508 e. The monoisotopic (exact) mass is 290 g/mol. The molecule has 0 bridgehead atoms. The number of hydrogen-bond donors (Lipinski definition) is 2. The van der Waals surface area contributed by atoms with Crippen molar-refractivity contribution in [2.75, 3.05) is 20.6 Å². The molecular weight excluding hydrogens is 268 g/mol. The molecule has 1 heterocycles. The van der Waals surface area contributed by atoms with Gasteiger partial charge < -0.3 is 15.3 Å². The van der Waals surface area contributed by atoms with Gasteiger partial charge in [-0.2, -0.15) is 0 Å². The maximum atomic E-state index is 9.33. The molecule has 0 aliphatic heterocycles. The molecule has 2 unspecified atom stereocenters. The zero-order valence-corrected chi connectivity index (χ0v) is 13.0. The van der Waals surface area contributed by atoms with Crippen molar-refractivity contribution >= 4 is 11.3 Å². The number of hydrogen-bond acceptors (Lipinski definition) is 4. The highest BCUT2D eigenvalue weighted by Crippen LogP contribution is 2.24. The van der Waals surface area contributed by atoms with Crippen molar-refractivity contribution in [2.24, 2.45) is 0 Å². The van der Waals surface area contributed by atoms with Crippen LogP contribution >= 0.6 is 11.3 Å². The van der Waals surface area contributed by atoms with E-state index in [1.54, 1.807) is 23.5 Å². The van der Waals surface area contributed by atoms with E-state index >= 15 is 0 Å². The van der Waals surface area contributed by atoms with Crippen molar-refractivity contribution in [1.29, 1.82) is 0 Å². The Labute approximate surface area is 124 Å². The van der Waals surface area contributed by atoms with Gasteiger partial charge in [-0.1, -0.05) is 18.2 Å². The summed E-state index contributed by atoms with van der Waals surface area (Å²) in [7, 11) is 4.22. The van der Waals surface area contributed by atoms with Gasteiger partial charge in [0, 0.05) is 17.5 Å². The Balaban J connectivity index is 1.97. The molecule has 0 radical (unpaired) electrons. The Morgan fingerprint density at radius 3 is 2.45 bits per heavy atom. The zero-order valence-electron chi connectivity index (χ0n) is 12.2. The summed E-state index contributed by atoms with van der Waals surface area (Å²) in [5.41, 5.74) is 1.19. The summed E-state index contributed by atoms with van der Waals surface area (Å²) < 4.78 is 0. The number of nitrogens with zero attached hydrogens (tertiary/aromatic N) is 1. The Morgan fingerprint density at radius 1 is 1.20 bits per heavy atom. The van der Waals surface area contributed by atoms with Crippen LogP contribution in [-0.4, -0.2) is 30.6 Å². The number of phenolic OH excluding ortho intramolecular Hbond substituents is 1. The first kappa shape index (κ1) is 15.0. The second-order valence-electron chi connectivity index (χ2n) is 5.22. The van der Waals surface area contributed by atoms with E-state index in [4.69, 9.17) is 0 Å². The van der Waals surface area contributed by atoms with E-state index in [-0.39, 0.29) is 6.04 Å². The second kappa shape index (κ2) is 6.88. The standard InChI is InChI=1S/C16H22N2OS/c1-12(13-6-8-14(19)9-7-13)17-11-15(18(2)3)16-5-4-10-20-16/h4-10,12,15,17,19H,11H2,1-3H3. The fraction of sp³-hybridized carbons (Fsp3) is 0.375. The summed E-state index contributed by atoms with van der Waals surface area (Å²) in [5, 5.41) is 15.0. The third kappa shape index (κ3) is 3.82. The van der Waals surface area contributed by atoms with Gasteiger partial charge in [-0.05, 0) is 50.2 Å². The smallest absolute Gasteiger partial charge is 0.115 e. The Morgan fingerprint density at radius 2 is 1.90 bits per heavy atom. The number of thiophene rings is 1. The normalized spacial score (nSPS) is 14.4. The molecule has 4 heteroatoms. The molecule has 108 valence electrons. The number of rotatable bonds is 6. The number of likely N-dealkylation sites (N-methyl/N-ethyl adjacent to an activating group) is 1. The van der Waals surface area contributed by atoms with Crippen LogP contribution in [0.3, 0.4) is 0 Å². The maximum Gasteiger partial charge on any atom is 0.115 e. The minimum Gasteiger partial charge on any atom is -0.508 e. The van der Waals surface area contributed by atoms with Gasteiger partial charge in [0.25, 0.3) is 0 Å². The van der Waals surface area contributed by atoms with Gasteiger partial charge >= 0.3 is 0 Å². The first-order valence-electron chi connectivity index (χ1n) is 6.80. The van der Waals surface area contributed by atoms with Crippen molar-refractivity contribution in [3.63, 3.8) is 0 Å². The molecule has 20 heavy (non-hydrogen) atoms. The fourth-order valence-electron chi connectivity index (χ4n) is 2.19. The molecule has 2 rings (SSSR count). The van der Waals surface area contributed by atoms with Crippen molar-refractivity contribution in [1.82, 2.24) is 10.2 Å². The van der Waals surface area contributed by atoms with E-state index < -0.39 is 0 Å². The predicted molar refractivity (Wildman–Crippen MR) is 85.3 cm³/mol. The number of phenols is 1. The summed E-state index contributed by atoms with van der Waals surface area (Å²) in [5.74, 6) is 0.311. The van der Waals surface area contributed by atoms with Crippen LogP contribution in [0.5, 0.6) is 5.75 Å². The van der Waals surface area contributed by atoms with Crippen LogP contribution in [0.1, 0.15) is 29.4 Å². The Kier molecular flexibility index (Phi) is 5.17. The van der Waals surface area contributed by atoms with Gasteiger partial charge in [0.2, 0.25) is 0 Å². The molecule has 1 aromatic heterocycles. The van der Waals surface area contributed by atoms with Gasteiger partial charge in [0.15, 0.2) is 0 Å². The van der Waals surface area contributed by atoms with Crippen LogP contribution in [0.2, 0.25) is 0 Å². The molecule has 1 aromatic carbocycles. The second-order valence-corrected chi connectivity index (χ2v) is 6.20. The first-order chi connectivity index (χ1) is 9.58. The van der Waals surface area contributed by atoms with E-state index in [1.807, 2.05) is 12.1 Å². The SMILES string of the molecule is CC(NCC(c1cccs1)N(C)C)c1ccc(O)cc1. The van der Waals surface area contributed by atoms with E-state index in [1.165, 1.54) is 10.4 Å². The first-order valence-corrected chi connectivity index (χ1v) is 7.68. The summed E-state index contributed by atoms with van der Waals surface area (Å²) in [6, 6.07) is 12.3. The van der Waals surface area contributed by atoms with Gasteiger partial charge in [0.05, 0.1) is 6.04 Å². The van der Waals surface area contributed by atoms with Crippen molar-refractivity contribution in [3.8, 4) is 5.75 Å². The number of aromatic hydroxyl groups is 1. The van der Waals surface area contributed by atoms with E-state index in [0.717, 1.165) is 6.54 Å². The highest BCUT2D eigenvalue weighted by Gasteiger charge is 2.16. The third-order valence-corrected chi connectivity index (χ3v) is 4.48. The molecule has 0 spiro atoms. The number of benzene rings is 1. The molecule has 2 N–H and O–H groups in total. The fourth-order valence-corrected chi connectivity index (χ4v) is 3.11. The highest BCUT2D eigenvalue weighted by atomic mass is 32.1. The summed E-state index contributed by atoms with van der Waals surface area (Å²) in [6.45, 7) is 3.04. The zero-order chi connectivity index (χ0) is 14.5. The minimum atomic E-state index is 0.262. The molecular formula is C16H22N2OS. The minimum absolute atomic E-state index is 0.262. The van der Waals surface area contributed by atoms with Crippen molar-refractivity contribution in [2.45, 2.75) is 19.0 Å². The third-order valence-electron chi connectivity index (χ3n) is 3.51. The average Bonchev–Trinajstić information content (AvgIpc) is 2.93. The molecule has 3 nitrogen and oxygen atoms in total. The lowest BCUT2D eigenvalue weighted by Gasteiger charge is -2.25. The van der Waals surface area contributed by atoms with E-state index in [0.29, 0.717) is 11.8 Å². The van der Waals surface area contributed by atoms with Crippen LogP contribution in [0.15, 0.2) is 41.8 Å². The summed E-state index contributed by atoms with van der Waals surface area (Å²) >= 11 is 1.79. The predicted octanol–water partition coefficient (Wildman–Crippen LogP) is 3.41. The molecule has 0 saturated heterocycles.